The van der Waals surface area contributed by atoms with Crippen LogP contribution < -0.4 is 10.6 Å². The highest BCUT2D eigenvalue weighted by atomic mass is 15.2. The summed E-state index contributed by atoms with van der Waals surface area (Å²) in [4.78, 5) is 2.67. The fourth-order valence-corrected chi connectivity index (χ4v) is 2.52. The quantitative estimate of drug-likeness (QED) is 0.601. The highest BCUT2D eigenvalue weighted by Gasteiger charge is 2.26. The van der Waals surface area contributed by atoms with Crippen molar-refractivity contribution < 1.29 is 0 Å². The van der Waals surface area contributed by atoms with Crippen molar-refractivity contribution in [2.75, 3.05) is 32.7 Å². The van der Waals surface area contributed by atoms with Crippen molar-refractivity contribution >= 4 is 0 Å². The van der Waals surface area contributed by atoms with E-state index in [9.17, 15) is 0 Å². The second kappa shape index (κ2) is 4.40. The molecule has 0 saturated carbocycles. The highest BCUT2D eigenvalue weighted by molar-refractivity contribution is 4.85. The maximum atomic E-state index is 3.49. The van der Waals surface area contributed by atoms with Crippen molar-refractivity contribution in [3.8, 4) is 0 Å². The van der Waals surface area contributed by atoms with E-state index >= 15 is 0 Å². The fourth-order valence-electron chi connectivity index (χ4n) is 2.52. The summed E-state index contributed by atoms with van der Waals surface area (Å²) in [5.41, 5.74) is 0. The Morgan fingerprint density at radius 3 is 2.69 bits per heavy atom. The second-order valence-electron chi connectivity index (χ2n) is 4.29. The molecule has 0 aromatic rings. The Hall–Kier alpha value is -0.120. The molecule has 3 heteroatoms. The van der Waals surface area contributed by atoms with Gasteiger partial charge in [0.2, 0.25) is 0 Å². The number of piperazine rings is 1. The van der Waals surface area contributed by atoms with Crippen molar-refractivity contribution in [1.82, 2.24) is 15.5 Å². The molecule has 0 aliphatic carbocycles. The molecule has 2 aliphatic heterocycles. The van der Waals surface area contributed by atoms with Gasteiger partial charge < -0.3 is 10.6 Å². The van der Waals surface area contributed by atoms with E-state index in [1.54, 1.807) is 0 Å². The molecule has 2 saturated heterocycles. The zero-order valence-electron chi connectivity index (χ0n) is 8.55. The van der Waals surface area contributed by atoms with Gasteiger partial charge in [-0.3, -0.25) is 4.90 Å². The first-order valence-corrected chi connectivity index (χ1v) is 5.55. The molecular formula is C10H21N3. The minimum atomic E-state index is 0.721. The zero-order valence-corrected chi connectivity index (χ0v) is 8.55. The summed E-state index contributed by atoms with van der Waals surface area (Å²) in [6.07, 6.45) is 2.73. The third kappa shape index (κ3) is 2.22. The van der Waals surface area contributed by atoms with Crippen molar-refractivity contribution in [1.29, 1.82) is 0 Å². The zero-order chi connectivity index (χ0) is 9.10. The SMILES string of the molecule is CC1CNCCN1C1CCCNC1. The largest absolute Gasteiger partial charge is 0.315 e. The van der Waals surface area contributed by atoms with E-state index in [2.05, 4.69) is 22.5 Å². The molecule has 13 heavy (non-hydrogen) atoms. The molecule has 3 nitrogen and oxygen atoms in total. The maximum Gasteiger partial charge on any atom is 0.0225 e. The topological polar surface area (TPSA) is 27.3 Å². The summed E-state index contributed by atoms with van der Waals surface area (Å²) >= 11 is 0. The number of nitrogens with one attached hydrogen (secondary N) is 2. The number of piperidine rings is 1. The molecule has 2 unspecified atom stereocenters. The summed E-state index contributed by atoms with van der Waals surface area (Å²) in [5.74, 6) is 0. The maximum absolute atomic E-state index is 3.49. The number of hydrogen-bond donors (Lipinski definition) is 2. The molecule has 0 aromatic heterocycles. The van der Waals surface area contributed by atoms with Gasteiger partial charge in [-0.1, -0.05) is 0 Å². The van der Waals surface area contributed by atoms with Gasteiger partial charge in [-0.2, -0.15) is 0 Å². The molecule has 76 valence electrons. The van der Waals surface area contributed by atoms with Gasteiger partial charge in [-0.05, 0) is 26.3 Å². The van der Waals surface area contributed by atoms with Gasteiger partial charge in [-0.25, -0.2) is 0 Å². The molecule has 2 heterocycles. The van der Waals surface area contributed by atoms with Gasteiger partial charge in [0.15, 0.2) is 0 Å². The predicted molar refractivity (Wildman–Crippen MR) is 54.9 cm³/mol. The average Bonchev–Trinajstić information content (AvgIpc) is 2.20. The predicted octanol–water partition coefficient (Wildman–Crippen LogP) is 0.0321. The van der Waals surface area contributed by atoms with Crippen LogP contribution in [0.5, 0.6) is 0 Å². The van der Waals surface area contributed by atoms with Gasteiger partial charge in [-0.15, -0.1) is 0 Å². The summed E-state index contributed by atoms with van der Waals surface area (Å²) in [5, 5.41) is 6.93. The van der Waals surface area contributed by atoms with Crippen LogP contribution >= 0.6 is 0 Å². The standard InChI is InChI=1S/C10H21N3/c1-9-7-12-5-6-13(9)10-3-2-4-11-8-10/h9-12H,2-8H2,1H3. The van der Waals surface area contributed by atoms with E-state index in [0.29, 0.717) is 0 Å². The summed E-state index contributed by atoms with van der Waals surface area (Å²) in [7, 11) is 0. The average molecular weight is 183 g/mol. The summed E-state index contributed by atoms with van der Waals surface area (Å²) in [6, 6.07) is 1.52. The van der Waals surface area contributed by atoms with Crippen molar-refractivity contribution in [3.63, 3.8) is 0 Å². The molecule has 2 atom stereocenters. The smallest absolute Gasteiger partial charge is 0.0225 e. The van der Waals surface area contributed by atoms with Crippen molar-refractivity contribution in [2.45, 2.75) is 31.8 Å². The van der Waals surface area contributed by atoms with Crippen molar-refractivity contribution in [3.05, 3.63) is 0 Å². The van der Waals surface area contributed by atoms with Crippen LogP contribution in [0.2, 0.25) is 0 Å². The lowest BCUT2D eigenvalue weighted by molar-refractivity contribution is 0.0987. The molecule has 0 spiro atoms. The van der Waals surface area contributed by atoms with E-state index in [1.807, 2.05) is 0 Å². The third-order valence-corrected chi connectivity index (χ3v) is 3.29. The first kappa shape index (κ1) is 9.44. The monoisotopic (exact) mass is 183 g/mol. The van der Waals surface area contributed by atoms with E-state index in [-0.39, 0.29) is 0 Å². The first-order valence-electron chi connectivity index (χ1n) is 5.55. The van der Waals surface area contributed by atoms with Crippen LogP contribution in [0.25, 0.3) is 0 Å². The van der Waals surface area contributed by atoms with Crippen LogP contribution in [-0.2, 0) is 0 Å². The lowest BCUT2D eigenvalue weighted by Gasteiger charge is -2.41. The molecule has 0 aromatic carbocycles. The third-order valence-electron chi connectivity index (χ3n) is 3.29. The molecule has 2 fully saturated rings. The van der Waals surface area contributed by atoms with E-state index in [0.717, 1.165) is 18.6 Å². The molecule has 2 aliphatic rings. The minimum absolute atomic E-state index is 0.721. The first-order chi connectivity index (χ1) is 6.38. The summed E-state index contributed by atoms with van der Waals surface area (Å²) in [6.45, 7) is 8.31. The molecule has 2 rings (SSSR count). The molecule has 0 bridgehead atoms. The van der Waals surface area contributed by atoms with Gasteiger partial charge >= 0.3 is 0 Å². The Kier molecular flexibility index (Phi) is 3.19. The Morgan fingerprint density at radius 1 is 1.15 bits per heavy atom. The van der Waals surface area contributed by atoms with E-state index < -0.39 is 0 Å². The number of nitrogens with zero attached hydrogens (tertiary/aromatic N) is 1. The Morgan fingerprint density at radius 2 is 2.00 bits per heavy atom. The molecule has 0 radical (unpaired) electrons. The molecule has 2 N–H and O–H groups in total. The van der Waals surface area contributed by atoms with Crippen LogP contribution in [0.1, 0.15) is 19.8 Å². The van der Waals surface area contributed by atoms with Gasteiger partial charge in [0.05, 0.1) is 0 Å². The number of rotatable bonds is 1. The lowest BCUT2D eigenvalue weighted by atomic mass is 10.0. The molecular weight excluding hydrogens is 162 g/mol. The van der Waals surface area contributed by atoms with E-state index in [4.69, 9.17) is 0 Å². The van der Waals surface area contributed by atoms with Crippen LogP contribution in [0, 0.1) is 0 Å². The van der Waals surface area contributed by atoms with Gasteiger partial charge in [0.25, 0.3) is 0 Å². The highest BCUT2D eigenvalue weighted by Crippen LogP contribution is 2.14. The van der Waals surface area contributed by atoms with E-state index in [1.165, 1.54) is 39.0 Å². The fraction of sp³-hybridized carbons (Fsp3) is 1.00. The van der Waals surface area contributed by atoms with Crippen LogP contribution in [0.15, 0.2) is 0 Å². The van der Waals surface area contributed by atoms with Crippen LogP contribution in [-0.4, -0.2) is 49.7 Å². The lowest BCUT2D eigenvalue weighted by Crippen LogP contribution is -2.57. The van der Waals surface area contributed by atoms with Crippen molar-refractivity contribution in [2.24, 2.45) is 0 Å². The second-order valence-corrected chi connectivity index (χ2v) is 4.29. The summed E-state index contributed by atoms with van der Waals surface area (Å²) < 4.78 is 0. The Labute approximate surface area is 80.9 Å². The number of hydrogen-bond acceptors (Lipinski definition) is 3. The Bertz CT molecular complexity index is 154. The normalized spacial score (nSPS) is 37.6. The molecule has 0 amide bonds. The van der Waals surface area contributed by atoms with Crippen LogP contribution in [0.3, 0.4) is 0 Å². The van der Waals surface area contributed by atoms with Gasteiger partial charge in [0, 0.05) is 38.3 Å². The minimum Gasteiger partial charge on any atom is -0.315 e. The van der Waals surface area contributed by atoms with Gasteiger partial charge in [0.1, 0.15) is 0 Å². The Balaban J connectivity index is 1.88. The van der Waals surface area contributed by atoms with Crippen LogP contribution in [0.4, 0.5) is 0 Å².